The van der Waals surface area contributed by atoms with Crippen molar-refractivity contribution in [2.75, 3.05) is 0 Å². The third kappa shape index (κ3) is 5.25. The first-order valence-electron chi connectivity index (χ1n) is 3.73. The fourth-order valence-electron chi connectivity index (χ4n) is 0.812. The predicted octanol–water partition coefficient (Wildman–Crippen LogP) is 1.11. The highest BCUT2D eigenvalue weighted by molar-refractivity contribution is 6.25. The molecule has 0 saturated heterocycles. The Morgan fingerprint density at radius 2 is 2.08 bits per heavy atom. The Morgan fingerprint density at radius 1 is 1.54 bits per heavy atom. The van der Waals surface area contributed by atoms with E-state index in [1.54, 1.807) is 6.92 Å². The maximum Gasteiger partial charge on any atom is 0.326 e. The van der Waals surface area contributed by atoms with Gasteiger partial charge in [-0.2, -0.15) is 0 Å². The first-order valence-corrected chi connectivity index (χ1v) is 4.16. The fraction of sp³-hybridized carbons (Fsp3) is 0.500. The lowest BCUT2D eigenvalue weighted by molar-refractivity contribution is -0.141. The van der Waals surface area contributed by atoms with E-state index >= 15 is 0 Å². The average molecular weight is 206 g/mol. The van der Waals surface area contributed by atoms with Crippen LogP contribution in [0.25, 0.3) is 0 Å². The SMILES string of the molecule is CC(=O)NC(C/C(C)=C/Cl)C(=O)O. The second kappa shape index (κ2) is 5.59. The molecule has 0 aromatic carbocycles. The number of hydrogen-bond acceptors (Lipinski definition) is 2. The lowest BCUT2D eigenvalue weighted by Gasteiger charge is -2.12. The van der Waals surface area contributed by atoms with Crippen molar-refractivity contribution in [1.29, 1.82) is 0 Å². The normalized spacial score (nSPS) is 13.6. The summed E-state index contributed by atoms with van der Waals surface area (Å²) in [6, 6.07) is -0.896. The van der Waals surface area contributed by atoms with Gasteiger partial charge in [0.05, 0.1) is 0 Å². The van der Waals surface area contributed by atoms with Crippen LogP contribution in [0.4, 0.5) is 0 Å². The van der Waals surface area contributed by atoms with Crippen molar-refractivity contribution in [2.45, 2.75) is 26.3 Å². The molecule has 1 atom stereocenters. The van der Waals surface area contributed by atoms with Crippen molar-refractivity contribution in [1.82, 2.24) is 5.32 Å². The van der Waals surface area contributed by atoms with Crippen molar-refractivity contribution < 1.29 is 14.7 Å². The third-order valence-corrected chi connectivity index (χ3v) is 1.76. The molecule has 0 saturated carbocycles. The standard InChI is InChI=1S/C8H12ClNO3/c1-5(4-9)3-7(8(12)13)10-6(2)11/h4,7H,3H2,1-2H3,(H,10,11)(H,12,13)/b5-4+. The van der Waals surface area contributed by atoms with Crippen LogP contribution in [0.3, 0.4) is 0 Å². The topological polar surface area (TPSA) is 66.4 Å². The lowest BCUT2D eigenvalue weighted by Crippen LogP contribution is -2.39. The van der Waals surface area contributed by atoms with Crippen molar-refractivity contribution in [3.63, 3.8) is 0 Å². The Kier molecular flexibility index (Phi) is 5.14. The van der Waals surface area contributed by atoms with E-state index in [1.165, 1.54) is 12.5 Å². The molecule has 2 N–H and O–H groups in total. The summed E-state index contributed by atoms with van der Waals surface area (Å²) in [5.41, 5.74) is 2.01. The molecule has 0 aliphatic rings. The molecule has 13 heavy (non-hydrogen) atoms. The Hall–Kier alpha value is -1.03. The minimum Gasteiger partial charge on any atom is -0.480 e. The van der Waals surface area contributed by atoms with Crippen LogP contribution in [0.1, 0.15) is 20.3 Å². The van der Waals surface area contributed by atoms with Crippen molar-refractivity contribution in [2.24, 2.45) is 0 Å². The maximum absolute atomic E-state index is 10.6. The molecule has 0 aliphatic carbocycles. The Balaban J connectivity index is 4.27. The van der Waals surface area contributed by atoms with E-state index in [-0.39, 0.29) is 12.3 Å². The zero-order chi connectivity index (χ0) is 10.4. The van der Waals surface area contributed by atoms with E-state index < -0.39 is 12.0 Å². The van der Waals surface area contributed by atoms with Crippen LogP contribution in [0.2, 0.25) is 0 Å². The van der Waals surface area contributed by atoms with E-state index in [2.05, 4.69) is 5.32 Å². The van der Waals surface area contributed by atoms with Gasteiger partial charge < -0.3 is 10.4 Å². The third-order valence-electron chi connectivity index (χ3n) is 1.39. The molecule has 1 amide bonds. The maximum atomic E-state index is 10.6. The van der Waals surface area contributed by atoms with Gasteiger partial charge in [0.15, 0.2) is 0 Å². The van der Waals surface area contributed by atoms with Gasteiger partial charge in [-0.3, -0.25) is 4.79 Å². The zero-order valence-corrected chi connectivity index (χ0v) is 8.26. The minimum absolute atomic E-state index is 0.221. The van der Waals surface area contributed by atoms with Crippen molar-refractivity contribution in [3.8, 4) is 0 Å². The highest BCUT2D eigenvalue weighted by Gasteiger charge is 2.18. The van der Waals surface area contributed by atoms with Crippen LogP contribution < -0.4 is 5.32 Å². The van der Waals surface area contributed by atoms with Gasteiger partial charge >= 0.3 is 5.97 Å². The van der Waals surface area contributed by atoms with Gasteiger partial charge in [-0.25, -0.2) is 4.79 Å². The molecule has 0 aromatic rings. The van der Waals surface area contributed by atoms with Gasteiger partial charge in [0, 0.05) is 18.9 Å². The van der Waals surface area contributed by atoms with Crippen LogP contribution in [0, 0.1) is 0 Å². The van der Waals surface area contributed by atoms with E-state index in [0.29, 0.717) is 5.57 Å². The Morgan fingerprint density at radius 3 is 2.38 bits per heavy atom. The molecule has 0 aliphatic heterocycles. The number of nitrogens with one attached hydrogen (secondary N) is 1. The molecule has 0 fully saturated rings. The highest BCUT2D eigenvalue weighted by atomic mass is 35.5. The van der Waals surface area contributed by atoms with Crippen LogP contribution >= 0.6 is 11.6 Å². The monoisotopic (exact) mass is 205 g/mol. The highest BCUT2D eigenvalue weighted by Crippen LogP contribution is 2.06. The minimum atomic E-state index is -1.06. The number of amides is 1. The lowest BCUT2D eigenvalue weighted by atomic mass is 10.1. The first-order chi connectivity index (χ1) is 5.97. The van der Waals surface area contributed by atoms with E-state index in [9.17, 15) is 9.59 Å². The zero-order valence-electron chi connectivity index (χ0n) is 7.50. The first kappa shape index (κ1) is 12.0. The molecule has 0 radical (unpaired) electrons. The molecule has 1 unspecified atom stereocenters. The summed E-state index contributed by atoms with van der Waals surface area (Å²) in [7, 11) is 0. The van der Waals surface area contributed by atoms with Crippen molar-refractivity contribution >= 4 is 23.5 Å². The molecule has 4 nitrogen and oxygen atoms in total. The summed E-state index contributed by atoms with van der Waals surface area (Å²) in [6.07, 6.45) is 0.221. The van der Waals surface area contributed by atoms with Crippen LogP contribution in [-0.4, -0.2) is 23.0 Å². The molecule has 0 heterocycles. The van der Waals surface area contributed by atoms with Gasteiger partial charge in [-0.1, -0.05) is 17.2 Å². The largest absolute Gasteiger partial charge is 0.480 e. The Labute approximate surface area is 81.6 Å². The number of halogens is 1. The summed E-state index contributed by atoms with van der Waals surface area (Å²) in [5.74, 6) is -1.43. The number of aliphatic carboxylic acids is 1. The molecule has 0 spiro atoms. The number of hydrogen-bond donors (Lipinski definition) is 2. The molecule has 0 bridgehead atoms. The molecule has 74 valence electrons. The second-order valence-corrected chi connectivity index (χ2v) is 2.97. The summed E-state index contributed by atoms with van der Waals surface area (Å²) in [4.78, 5) is 21.2. The van der Waals surface area contributed by atoms with Gasteiger partial charge in [-0.05, 0) is 6.92 Å². The quantitative estimate of drug-likeness (QED) is 0.723. The molecule has 5 heteroatoms. The van der Waals surface area contributed by atoms with Gasteiger partial charge in [0.25, 0.3) is 0 Å². The van der Waals surface area contributed by atoms with Gasteiger partial charge in [0.2, 0.25) is 5.91 Å². The van der Waals surface area contributed by atoms with Gasteiger partial charge in [0.1, 0.15) is 6.04 Å². The summed E-state index contributed by atoms with van der Waals surface area (Å²) in [5, 5.41) is 11.0. The number of carbonyl (C=O) groups is 2. The summed E-state index contributed by atoms with van der Waals surface area (Å²) in [6.45, 7) is 2.97. The predicted molar refractivity (Wildman–Crippen MR) is 49.5 cm³/mol. The second-order valence-electron chi connectivity index (χ2n) is 2.75. The Bertz CT molecular complexity index is 238. The van der Waals surface area contributed by atoms with Crippen molar-refractivity contribution in [3.05, 3.63) is 11.1 Å². The molecule has 0 aromatic heterocycles. The van der Waals surface area contributed by atoms with Crippen LogP contribution in [0.15, 0.2) is 11.1 Å². The summed E-state index contributed by atoms with van der Waals surface area (Å²) >= 11 is 5.37. The van der Waals surface area contributed by atoms with Gasteiger partial charge in [-0.15, -0.1) is 0 Å². The van der Waals surface area contributed by atoms with Crippen LogP contribution in [-0.2, 0) is 9.59 Å². The van der Waals surface area contributed by atoms with E-state index in [4.69, 9.17) is 16.7 Å². The summed E-state index contributed by atoms with van der Waals surface area (Å²) < 4.78 is 0. The molecular formula is C8H12ClNO3. The van der Waals surface area contributed by atoms with E-state index in [1.807, 2.05) is 0 Å². The molecule has 0 rings (SSSR count). The fourth-order valence-corrected chi connectivity index (χ4v) is 0.901. The smallest absolute Gasteiger partial charge is 0.326 e. The number of carbonyl (C=O) groups excluding carboxylic acids is 1. The van der Waals surface area contributed by atoms with E-state index in [0.717, 1.165) is 0 Å². The number of carboxylic acids is 1. The molecular weight excluding hydrogens is 194 g/mol. The van der Waals surface area contributed by atoms with Crippen LogP contribution in [0.5, 0.6) is 0 Å². The number of carboxylic acid groups (broad SMARTS) is 1. The number of rotatable bonds is 4. The average Bonchev–Trinajstić information content (AvgIpc) is 2.02.